The van der Waals surface area contributed by atoms with Gasteiger partial charge in [-0.25, -0.2) is 0 Å². The summed E-state index contributed by atoms with van der Waals surface area (Å²) in [6.07, 6.45) is 5.17. The maximum atomic E-state index is 6.01. The molecule has 0 unspecified atom stereocenters. The summed E-state index contributed by atoms with van der Waals surface area (Å²) in [6, 6.07) is 20.1. The molecule has 0 bridgehead atoms. The lowest BCUT2D eigenvalue weighted by molar-refractivity contribution is 0.132. The molecule has 2 aliphatic rings. The molecule has 2 nitrogen and oxygen atoms in total. The number of anilines is 1. The smallest absolute Gasteiger partial charge is 0.0407 e. The first-order chi connectivity index (χ1) is 12.3. The molecule has 0 amide bonds. The molecule has 0 N–H and O–H groups in total. The van der Waals surface area contributed by atoms with Gasteiger partial charge in [-0.05, 0) is 74.5 Å². The van der Waals surface area contributed by atoms with E-state index in [1.807, 2.05) is 12.1 Å². The Kier molecular flexibility index (Phi) is 5.28. The zero-order valence-corrected chi connectivity index (χ0v) is 15.5. The standard InChI is InChI=1S/C22H27ClN2/c23-20-6-8-21(9-7-20)25-16-12-22(13-17-25)24-14-10-19(11-15-24)18-4-2-1-3-5-18/h1-9,19,22H,10-17H2. The maximum absolute atomic E-state index is 6.01. The Balaban J connectivity index is 1.28. The molecule has 2 heterocycles. The van der Waals surface area contributed by atoms with E-state index in [0.717, 1.165) is 30.1 Å². The van der Waals surface area contributed by atoms with Crippen molar-refractivity contribution < 1.29 is 0 Å². The number of benzene rings is 2. The van der Waals surface area contributed by atoms with Gasteiger partial charge in [-0.1, -0.05) is 41.9 Å². The Hall–Kier alpha value is -1.51. The van der Waals surface area contributed by atoms with Crippen LogP contribution in [0.4, 0.5) is 5.69 Å². The Labute approximate surface area is 156 Å². The third-order valence-corrected chi connectivity index (χ3v) is 6.23. The number of nitrogens with zero attached hydrogens (tertiary/aromatic N) is 2. The highest BCUT2D eigenvalue weighted by molar-refractivity contribution is 6.30. The fraction of sp³-hybridized carbons (Fsp3) is 0.455. The van der Waals surface area contributed by atoms with Crippen LogP contribution < -0.4 is 4.90 Å². The third kappa shape index (κ3) is 4.02. The molecule has 0 saturated carbocycles. The fourth-order valence-corrected chi connectivity index (χ4v) is 4.59. The van der Waals surface area contributed by atoms with Crippen molar-refractivity contribution >= 4 is 17.3 Å². The Morgan fingerprint density at radius 1 is 0.720 bits per heavy atom. The van der Waals surface area contributed by atoms with Crippen molar-refractivity contribution in [2.75, 3.05) is 31.1 Å². The minimum atomic E-state index is 0.756. The molecule has 0 aliphatic carbocycles. The number of rotatable bonds is 3. The van der Waals surface area contributed by atoms with Gasteiger partial charge >= 0.3 is 0 Å². The van der Waals surface area contributed by atoms with Crippen LogP contribution in [-0.4, -0.2) is 37.1 Å². The van der Waals surface area contributed by atoms with E-state index < -0.39 is 0 Å². The normalized spacial score (nSPS) is 20.8. The number of hydrogen-bond donors (Lipinski definition) is 0. The van der Waals surface area contributed by atoms with E-state index in [0.29, 0.717) is 0 Å². The molecule has 0 atom stereocenters. The van der Waals surface area contributed by atoms with E-state index >= 15 is 0 Å². The number of piperidine rings is 2. The van der Waals surface area contributed by atoms with E-state index in [9.17, 15) is 0 Å². The van der Waals surface area contributed by atoms with E-state index in [4.69, 9.17) is 11.6 Å². The van der Waals surface area contributed by atoms with Gasteiger partial charge in [0.05, 0.1) is 0 Å². The lowest BCUT2D eigenvalue weighted by Crippen LogP contribution is -2.47. The van der Waals surface area contributed by atoms with Crippen molar-refractivity contribution in [3.8, 4) is 0 Å². The van der Waals surface area contributed by atoms with E-state index in [-0.39, 0.29) is 0 Å². The summed E-state index contributed by atoms with van der Waals surface area (Å²) in [5, 5.41) is 0.819. The van der Waals surface area contributed by atoms with Crippen LogP contribution in [-0.2, 0) is 0 Å². The van der Waals surface area contributed by atoms with Gasteiger partial charge in [-0.2, -0.15) is 0 Å². The first kappa shape index (κ1) is 16.9. The molecular weight excluding hydrogens is 328 g/mol. The van der Waals surface area contributed by atoms with Gasteiger partial charge in [0.2, 0.25) is 0 Å². The number of likely N-dealkylation sites (tertiary alicyclic amines) is 1. The molecule has 0 spiro atoms. The Morgan fingerprint density at radius 2 is 1.36 bits per heavy atom. The van der Waals surface area contributed by atoms with Crippen molar-refractivity contribution in [1.82, 2.24) is 4.90 Å². The Bertz CT molecular complexity index is 654. The molecule has 2 aromatic carbocycles. The van der Waals surface area contributed by atoms with Gasteiger partial charge in [-0.3, -0.25) is 0 Å². The van der Waals surface area contributed by atoms with Gasteiger partial charge in [0.15, 0.2) is 0 Å². The average molecular weight is 355 g/mol. The van der Waals surface area contributed by atoms with Crippen molar-refractivity contribution in [3.63, 3.8) is 0 Å². The molecule has 132 valence electrons. The van der Waals surface area contributed by atoms with Gasteiger partial charge in [-0.15, -0.1) is 0 Å². The van der Waals surface area contributed by atoms with Crippen LogP contribution in [0.1, 0.15) is 37.2 Å². The highest BCUT2D eigenvalue weighted by Gasteiger charge is 2.28. The molecular formula is C22H27ClN2. The summed E-state index contributed by atoms with van der Waals surface area (Å²) in [4.78, 5) is 5.25. The topological polar surface area (TPSA) is 6.48 Å². The van der Waals surface area contributed by atoms with Crippen LogP contribution in [0.3, 0.4) is 0 Å². The highest BCUT2D eigenvalue weighted by atomic mass is 35.5. The van der Waals surface area contributed by atoms with Crippen molar-refractivity contribution in [3.05, 3.63) is 65.2 Å². The number of hydrogen-bond acceptors (Lipinski definition) is 2. The third-order valence-electron chi connectivity index (χ3n) is 5.97. The van der Waals surface area contributed by atoms with Crippen LogP contribution in [0, 0.1) is 0 Å². The van der Waals surface area contributed by atoms with Gasteiger partial charge in [0, 0.05) is 29.8 Å². The number of halogens is 1. The van der Waals surface area contributed by atoms with Gasteiger partial charge in [0.25, 0.3) is 0 Å². The lowest BCUT2D eigenvalue weighted by atomic mass is 9.88. The van der Waals surface area contributed by atoms with E-state index in [2.05, 4.69) is 52.3 Å². The molecule has 0 radical (unpaired) electrons. The first-order valence-electron chi connectivity index (χ1n) is 9.59. The van der Waals surface area contributed by atoms with E-state index in [1.165, 1.54) is 50.0 Å². The second-order valence-corrected chi connectivity index (χ2v) is 7.85. The quantitative estimate of drug-likeness (QED) is 0.748. The average Bonchev–Trinajstić information content (AvgIpc) is 2.70. The SMILES string of the molecule is Clc1ccc(N2CCC(N3CCC(c4ccccc4)CC3)CC2)cc1. The van der Waals surface area contributed by atoms with Crippen LogP contribution in [0.5, 0.6) is 0 Å². The summed E-state index contributed by atoms with van der Waals surface area (Å²) < 4.78 is 0. The molecule has 2 aliphatic heterocycles. The minimum absolute atomic E-state index is 0.756. The molecule has 3 heteroatoms. The van der Waals surface area contributed by atoms with Crippen LogP contribution in [0.2, 0.25) is 5.02 Å². The predicted molar refractivity (Wildman–Crippen MR) is 107 cm³/mol. The Morgan fingerprint density at radius 3 is 2.00 bits per heavy atom. The van der Waals surface area contributed by atoms with Crippen LogP contribution >= 0.6 is 11.6 Å². The maximum Gasteiger partial charge on any atom is 0.0407 e. The molecule has 2 fully saturated rings. The fourth-order valence-electron chi connectivity index (χ4n) is 4.46. The molecule has 2 aromatic rings. The molecule has 2 saturated heterocycles. The zero-order chi connectivity index (χ0) is 17.1. The zero-order valence-electron chi connectivity index (χ0n) is 14.8. The summed E-state index contributed by atoms with van der Waals surface area (Å²) in [7, 11) is 0. The molecule has 0 aromatic heterocycles. The summed E-state index contributed by atoms with van der Waals surface area (Å²) in [5.74, 6) is 0.756. The molecule has 4 rings (SSSR count). The summed E-state index contributed by atoms with van der Waals surface area (Å²) in [5.41, 5.74) is 2.84. The summed E-state index contributed by atoms with van der Waals surface area (Å²) in [6.45, 7) is 4.83. The van der Waals surface area contributed by atoms with Crippen molar-refractivity contribution in [2.45, 2.75) is 37.6 Å². The molecule has 25 heavy (non-hydrogen) atoms. The lowest BCUT2D eigenvalue weighted by Gasteiger charge is -2.42. The second-order valence-electron chi connectivity index (χ2n) is 7.42. The van der Waals surface area contributed by atoms with Gasteiger partial charge < -0.3 is 9.80 Å². The van der Waals surface area contributed by atoms with Crippen molar-refractivity contribution in [2.24, 2.45) is 0 Å². The highest BCUT2D eigenvalue weighted by Crippen LogP contribution is 2.31. The van der Waals surface area contributed by atoms with Crippen LogP contribution in [0.25, 0.3) is 0 Å². The first-order valence-corrected chi connectivity index (χ1v) is 9.97. The second kappa shape index (κ2) is 7.80. The monoisotopic (exact) mass is 354 g/mol. The predicted octanol–water partition coefficient (Wildman–Crippen LogP) is 5.19. The summed E-state index contributed by atoms with van der Waals surface area (Å²) >= 11 is 6.01. The largest absolute Gasteiger partial charge is 0.371 e. The van der Waals surface area contributed by atoms with Crippen LogP contribution in [0.15, 0.2) is 54.6 Å². The van der Waals surface area contributed by atoms with Gasteiger partial charge in [0.1, 0.15) is 0 Å². The minimum Gasteiger partial charge on any atom is -0.371 e. The van der Waals surface area contributed by atoms with Crippen molar-refractivity contribution in [1.29, 1.82) is 0 Å². The van der Waals surface area contributed by atoms with E-state index in [1.54, 1.807) is 0 Å².